The van der Waals surface area contributed by atoms with E-state index in [1.807, 2.05) is 11.8 Å². The van der Waals surface area contributed by atoms with E-state index in [1.165, 1.54) is 18.6 Å². The normalized spacial score (nSPS) is 25.2. The van der Waals surface area contributed by atoms with Gasteiger partial charge in [-0.15, -0.1) is 4.37 Å². The van der Waals surface area contributed by atoms with Gasteiger partial charge in [0, 0.05) is 17.8 Å². The SMILES string of the molecule is CC1(CNCC(O)COc2cnsn2)CCCS1. The Balaban J connectivity index is 1.58. The van der Waals surface area contributed by atoms with Crippen molar-refractivity contribution >= 4 is 23.5 Å². The topological polar surface area (TPSA) is 67.3 Å². The van der Waals surface area contributed by atoms with Gasteiger partial charge in [-0.3, -0.25) is 0 Å². The lowest BCUT2D eigenvalue weighted by Crippen LogP contribution is -2.39. The van der Waals surface area contributed by atoms with E-state index in [0.29, 0.717) is 17.2 Å². The molecule has 1 aromatic rings. The molecule has 2 N–H and O–H groups in total. The lowest BCUT2D eigenvalue weighted by Gasteiger charge is -2.23. The molecule has 0 bridgehead atoms. The van der Waals surface area contributed by atoms with Gasteiger partial charge in [0.2, 0.25) is 5.88 Å². The van der Waals surface area contributed by atoms with Crippen LogP contribution in [-0.2, 0) is 0 Å². The van der Waals surface area contributed by atoms with Crippen molar-refractivity contribution in [3.05, 3.63) is 6.20 Å². The van der Waals surface area contributed by atoms with Gasteiger partial charge in [0.05, 0.1) is 11.7 Å². The molecule has 1 aliphatic rings. The van der Waals surface area contributed by atoms with Crippen LogP contribution in [0.3, 0.4) is 0 Å². The number of thioether (sulfide) groups is 1. The molecule has 0 spiro atoms. The summed E-state index contributed by atoms with van der Waals surface area (Å²) in [5, 5.41) is 13.1. The summed E-state index contributed by atoms with van der Waals surface area (Å²) >= 11 is 3.12. The summed E-state index contributed by atoms with van der Waals surface area (Å²) < 4.78 is 13.4. The number of aromatic nitrogens is 2. The molecule has 1 aromatic heterocycles. The highest BCUT2D eigenvalue weighted by Gasteiger charge is 2.28. The van der Waals surface area contributed by atoms with E-state index in [1.54, 1.807) is 6.20 Å². The standard InChI is InChI=1S/C11H19N3O2S2/c1-11(3-2-4-17-11)8-12-5-9(15)7-16-10-6-13-18-14-10/h6,9,12,15H,2-5,7-8H2,1H3. The van der Waals surface area contributed by atoms with Crippen LogP contribution in [0.5, 0.6) is 5.88 Å². The molecule has 0 amide bonds. The largest absolute Gasteiger partial charge is 0.473 e. The number of hydrogen-bond donors (Lipinski definition) is 2. The Morgan fingerprint density at radius 1 is 1.67 bits per heavy atom. The Bertz CT molecular complexity index is 342. The number of aliphatic hydroxyl groups excluding tert-OH is 1. The molecule has 2 rings (SSSR count). The third kappa shape index (κ3) is 4.38. The zero-order valence-electron chi connectivity index (χ0n) is 10.5. The molecule has 1 aliphatic heterocycles. The Hall–Kier alpha value is -0.370. The molecule has 2 atom stereocenters. The fourth-order valence-electron chi connectivity index (χ4n) is 1.94. The maximum absolute atomic E-state index is 9.77. The van der Waals surface area contributed by atoms with Gasteiger partial charge in [-0.25, -0.2) is 0 Å². The average molecular weight is 289 g/mol. The predicted octanol–water partition coefficient (Wildman–Crippen LogP) is 1.15. The van der Waals surface area contributed by atoms with Gasteiger partial charge in [-0.1, -0.05) is 0 Å². The minimum atomic E-state index is -0.512. The van der Waals surface area contributed by atoms with Crippen molar-refractivity contribution in [3.8, 4) is 5.88 Å². The number of nitrogens with zero attached hydrogens (tertiary/aromatic N) is 2. The average Bonchev–Trinajstić information content (AvgIpc) is 2.98. The van der Waals surface area contributed by atoms with Gasteiger partial charge < -0.3 is 15.2 Å². The molecule has 2 heterocycles. The molecule has 18 heavy (non-hydrogen) atoms. The summed E-state index contributed by atoms with van der Waals surface area (Å²) in [6, 6.07) is 0. The van der Waals surface area contributed by atoms with Crippen molar-refractivity contribution in [1.29, 1.82) is 0 Å². The number of hydrogen-bond acceptors (Lipinski definition) is 7. The van der Waals surface area contributed by atoms with Crippen molar-refractivity contribution < 1.29 is 9.84 Å². The highest BCUT2D eigenvalue weighted by Crippen LogP contribution is 2.36. The van der Waals surface area contributed by atoms with E-state index >= 15 is 0 Å². The van der Waals surface area contributed by atoms with Gasteiger partial charge in [-0.2, -0.15) is 16.1 Å². The van der Waals surface area contributed by atoms with Gasteiger partial charge in [0.15, 0.2) is 0 Å². The van der Waals surface area contributed by atoms with Crippen molar-refractivity contribution in [3.63, 3.8) is 0 Å². The summed E-state index contributed by atoms with van der Waals surface area (Å²) in [5.41, 5.74) is 0. The minimum absolute atomic E-state index is 0.252. The van der Waals surface area contributed by atoms with Crippen LogP contribution in [0, 0.1) is 0 Å². The van der Waals surface area contributed by atoms with Gasteiger partial charge in [0.25, 0.3) is 0 Å². The molecular weight excluding hydrogens is 270 g/mol. The molecular formula is C11H19N3O2S2. The predicted molar refractivity (Wildman–Crippen MR) is 74.4 cm³/mol. The van der Waals surface area contributed by atoms with Crippen molar-refractivity contribution in [2.75, 3.05) is 25.4 Å². The fourth-order valence-corrected chi connectivity index (χ4v) is 3.58. The molecule has 1 fully saturated rings. The van der Waals surface area contributed by atoms with Crippen molar-refractivity contribution in [2.45, 2.75) is 30.6 Å². The van der Waals surface area contributed by atoms with Crippen LogP contribution in [0.4, 0.5) is 0 Å². The summed E-state index contributed by atoms with van der Waals surface area (Å²) in [5.74, 6) is 1.73. The molecule has 0 aliphatic carbocycles. The first kappa shape index (κ1) is 14.0. The first-order chi connectivity index (χ1) is 8.68. The van der Waals surface area contributed by atoms with Crippen LogP contribution in [-0.4, -0.2) is 50.2 Å². The number of ether oxygens (including phenoxy) is 1. The molecule has 102 valence electrons. The van der Waals surface area contributed by atoms with E-state index in [-0.39, 0.29) is 6.61 Å². The Morgan fingerprint density at radius 2 is 2.56 bits per heavy atom. The van der Waals surface area contributed by atoms with E-state index in [2.05, 4.69) is 21.0 Å². The van der Waals surface area contributed by atoms with E-state index in [0.717, 1.165) is 18.3 Å². The second-order valence-electron chi connectivity index (χ2n) is 4.74. The van der Waals surface area contributed by atoms with E-state index in [4.69, 9.17) is 4.74 Å². The lowest BCUT2D eigenvalue weighted by atomic mass is 10.1. The summed E-state index contributed by atoms with van der Waals surface area (Å²) in [6.45, 7) is 4.02. The zero-order chi connectivity index (χ0) is 12.8. The Labute approximate surface area is 116 Å². The van der Waals surface area contributed by atoms with Crippen LogP contribution in [0.1, 0.15) is 19.8 Å². The molecule has 1 saturated heterocycles. The van der Waals surface area contributed by atoms with Crippen LogP contribution in [0.15, 0.2) is 6.20 Å². The molecule has 0 radical (unpaired) electrons. The Morgan fingerprint density at radius 3 is 3.22 bits per heavy atom. The minimum Gasteiger partial charge on any atom is -0.473 e. The molecule has 0 saturated carbocycles. The van der Waals surface area contributed by atoms with Crippen LogP contribution < -0.4 is 10.1 Å². The lowest BCUT2D eigenvalue weighted by molar-refractivity contribution is 0.104. The first-order valence-corrected chi connectivity index (χ1v) is 7.83. The van der Waals surface area contributed by atoms with Crippen LogP contribution in [0.25, 0.3) is 0 Å². The smallest absolute Gasteiger partial charge is 0.245 e. The third-order valence-electron chi connectivity index (χ3n) is 2.94. The van der Waals surface area contributed by atoms with Gasteiger partial charge in [0.1, 0.15) is 18.9 Å². The second kappa shape index (κ2) is 6.70. The van der Waals surface area contributed by atoms with E-state index in [9.17, 15) is 5.11 Å². The molecule has 0 aromatic carbocycles. The number of rotatable bonds is 7. The van der Waals surface area contributed by atoms with Crippen LogP contribution >= 0.6 is 23.5 Å². The van der Waals surface area contributed by atoms with E-state index < -0.39 is 6.10 Å². The fraction of sp³-hybridized carbons (Fsp3) is 0.818. The third-order valence-corrected chi connectivity index (χ3v) is 4.94. The maximum atomic E-state index is 9.77. The van der Waals surface area contributed by atoms with Crippen molar-refractivity contribution in [1.82, 2.24) is 14.1 Å². The number of nitrogens with one attached hydrogen (secondary N) is 1. The summed E-state index contributed by atoms with van der Waals surface area (Å²) in [7, 11) is 0. The van der Waals surface area contributed by atoms with Crippen LogP contribution in [0.2, 0.25) is 0 Å². The molecule has 7 heteroatoms. The Kier molecular flexibility index (Phi) is 5.23. The molecule has 2 unspecified atom stereocenters. The first-order valence-electron chi connectivity index (χ1n) is 6.11. The highest BCUT2D eigenvalue weighted by atomic mass is 32.2. The second-order valence-corrected chi connectivity index (χ2v) is 6.98. The summed E-state index contributed by atoms with van der Waals surface area (Å²) in [4.78, 5) is 0. The maximum Gasteiger partial charge on any atom is 0.245 e. The van der Waals surface area contributed by atoms with Gasteiger partial charge in [-0.05, 0) is 25.5 Å². The monoisotopic (exact) mass is 289 g/mol. The quantitative estimate of drug-likeness (QED) is 0.785. The highest BCUT2D eigenvalue weighted by molar-refractivity contribution is 8.00. The van der Waals surface area contributed by atoms with Gasteiger partial charge >= 0.3 is 0 Å². The number of aliphatic hydroxyl groups is 1. The summed E-state index contributed by atoms with van der Waals surface area (Å²) in [6.07, 6.45) is 3.59. The van der Waals surface area contributed by atoms with Crippen molar-refractivity contribution in [2.24, 2.45) is 0 Å². The zero-order valence-corrected chi connectivity index (χ0v) is 12.1. The molecule has 5 nitrogen and oxygen atoms in total.